The van der Waals surface area contributed by atoms with Crippen molar-refractivity contribution in [3.8, 4) is 0 Å². The normalized spacial score (nSPS) is 19.1. The van der Waals surface area contributed by atoms with E-state index in [4.69, 9.17) is 10.6 Å². The summed E-state index contributed by atoms with van der Waals surface area (Å²) in [6, 6.07) is 0. The van der Waals surface area contributed by atoms with Crippen molar-refractivity contribution in [1.82, 2.24) is 5.48 Å². The average Bonchev–Trinajstić information content (AvgIpc) is 2.75. The van der Waals surface area contributed by atoms with E-state index in [1.54, 1.807) is 0 Å². The number of rotatable bonds is 6. The molecule has 0 aliphatic heterocycles. The van der Waals surface area contributed by atoms with Crippen molar-refractivity contribution in [3.63, 3.8) is 0 Å². The number of hydrogen-bond donors (Lipinski definition) is 2. The summed E-state index contributed by atoms with van der Waals surface area (Å²) in [6.45, 7) is 2.55. The summed E-state index contributed by atoms with van der Waals surface area (Å²) < 4.78 is 0. The Morgan fingerprint density at radius 1 is 1.53 bits per heavy atom. The van der Waals surface area contributed by atoms with Crippen LogP contribution in [-0.4, -0.2) is 18.6 Å². The molecule has 4 heteroatoms. The molecule has 0 radical (unpaired) electrons. The van der Waals surface area contributed by atoms with E-state index in [1.807, 2.05) is 6.92 Å². The molecule has 0 aromatic heterocycles. The first-order valence-corrected chi connectivity index (χ1v) is 5.89. The molecule has 15 heavy (non-hydrogen) atoms. The van der Waals surface area contributed by atoms with Crippen molar-refractivity contribution >= 4 is 5.91 Å². The molecule has 1 saturated carbocycles. The molecule has 1 amide bonds. The fraction of sp³-hybridized carbons (Fsp3) is 0.909. The van der Waals surface area contributed by atoms with Gasteiger partial charge in [0.25, 0.3) is 0 Å². The molecule has 1 unspecified atom stereocenters. The Hall–Kier alpha value is -0.610. The minimum Gasteiger partial charge on any atom is -0.330 e. The fourth-order valence-electron chi connectivity index (χ4n) is 1.80. The van der Waals surface area contributed by atoms with Gasteiger partial charge in [-0.15, -0.1) is 0 Å². The van der Waals surface area contributed by atoms with Crippen LogP contribution < -0.4 is 11.2 Å². The highest BCUT2D eigenvalue weighted by Crippen LogP contribution is 2.20. The highest BCUT2D eigenvalue weighted by atomic mass is 16.7. The summed E-state index contributed by atoms with van der Waals surface area (Å²) in [5.41, 5.74) is 7.94. The lowest BCUT2D eigenvalue weighted by atomic mass is 10.1. The van der Waals surface area contributed by atoms with Crippen LogP contribution in [-0.2, 0) is 9.63 Å². The molecule has 3 N–H and O–H groups in total. The Morgan fingerprint density at radius 3 is 2.80 bits per heavy atom. The minimum atomic E-state index is -0.0182. The van der Waals surface area contributed by atoms with Crippen LogP contribution in [0.1, 0.15) is 45.4 Å². The third kappa shape index (κ3) is 4.62. The molecule has 0 bridgehead atoms. The lowest BCUT2D eigenvalue weighted by Crippen LogP contribution is -2.32. The second-order valence-electron chi connectivity index (χ2n) is 4.32. The first-order valence-electron chi connectivity index (χ1n) is 5.89. The molecular formula is C11H22N2O2. The molecule has 1 aliphatic rings. The topological polar surface area (TPSA) is 64.4 Å². The molecule has 0 aromatic rings. The van der Waals surface area contributed by atoms with Crippen LogP contribution in [0.4, 0.5) is 0 Å². The second kappa shape index (κ2) is 6.80. The summed E-state index contributed by atoms with van der Waals surface area (Å²) in [4.78, 5) is 16.9. The van der Waals surface area contributed by atoms with Crippen molar-refractivity contribution in [1.29, 1.82) is 0 Å². The van der Waals surface area contributed by atoms with E-state index in [1.165, 1.54) is 12.8 Å². The van der Waals surface area contributed by atoms with Gasteiger partial charge in [-0.3, -0.25) is 9.63 Å². The number of nitrogens with two attached hydrogens (primary N) is 1. The molecule has 1 fully saturated rings. The van der Waals surface area contributed by atoms with Crippen molar-refractivity contribution in [2.24, 2.45) is 11.7 Å². The van der Waals surface area contributed by atoms with Gasteiger partial charge >= 0.3 is 0 Å². The van der Waals surface area contributed by atoms with Gasteiger partial charge in [0, 0.05) is 5.92 Å². The van der Waals surface area contributed by atoms with E-state index >= 15 is 0 Å². The zero-order valence-electron chi connectivity index (χ0n) is 9.50. The van der Waals surface area contributed by atoms with Crippen LogP contribution >= 0.6 is 0 Å². The molecule has 1 aliphatic carbocycles. The van der Waals surface area contributed by atoms with E-state index in [0.29, 0.717) is 6.54 Å². The predicted octanol–water partition coefficient (Wildman–Crippen LogP) is 1.35. The van der Waals surface area contributed by atoms with Gasteiger partial charge in [0.1, 0.15) is 0 Å². The molecule has 0 saturated heterocycles. The van der Waals surface area contributed by atoms with Crippen molar-refractivity contribution in [2.75, 3.05) is 6.54 Å². The lowest BCUT2D eigenvalue weighted by molar-refractivity contribution is -0.142. The van der Waals surface area contributed by atoms with Gasteiger partial charge in [0.15, 0.2) is 0 Å². The molecular weight excluding hydrogens is 192 g/mol. The predicted molar refractivity (Wildman–Crippen MR) is 58.9 cm³/mol. The standard InChI is InChI=1S/C11H22N2O2/c1-9(5-4-8-12)11(14)13-15-10-6-2-3-7-10/h9-10H,2-8,12H2,1H3,(H,13,14). The van der Waals surface area contributed by atoms with Gasteiger partial charge in [0.2, 0.25) is 5.91 Å². The Labute approximate surface area is 91.5 Å². The summed E-state index contributed by atoms with van der Waals surface area (Å²) >= 11 is 0. The fourth-order valence-corrected chi connectivity index (χ4v) is 1.80. The van der Waals surface area contributed by atoms with Crippen LogP contribution in [0.2, 0.25) is 0 Å². The van der Waals surface area contributed by atoms with E-state index in [2.05, 4.69) is 5.48 Å². The van der Waals surface area contributed by atoms with E-state index in [9.17, 15) is 4.79 Å². The monoisotopic (exact) mass is 214 g/mol. The lowest BCUT2D eigenvalue weighted by Gasteiger charge is -2.14. The third-order valence-electron chi connectivity index (χ3n) is 2.92. The number of nitrogens with one attached hydrogen (secondary N) is 1. The quantitative estimate of drug-likeness (QED) is 0.656. The number of hydrogen-bond acceptors (Lipinski definition) is 3. The highest BCUT2D eigenvalue weighted by Gasteiger charge is 2.18. The Kier molecular flexibility index (Phi) is 5.65. The van der Waals surface area contributed by atoms with Crippen LogP contribution in [0.5, 0.6) is 0 Å². The maximum atomic E-state index is 11.5. The van der Waals surface area contributed by atoms with Crippen molar-refractivity contribution in [2.45, 2.75) is 51.6 Å². The maximum absolute atomic E-state index is 11.5. The van der Waals surface area contributed by atoms with Gasteiger partial charge < -0.3 is 5.73 Å². The van der Waals surface area contributed by atoms with Crippen molar-refractivity contribution in [3.05, 3.63) is 0 Å². The molecule has 0 heterocycles. The second-order valence-corrected chi connectivity index (χ2v) is 4.32. The summed E-state index contributed by atoms with van der Waals surface area (Å²) in [7, 11) is 0. The molecule has 88 valence electrons. The largest absolute Gasteiger partial charge is 0.330 e. The Balaban J connectivity index is 2.11. The summed E-state index contributed by atoms with van der Waals surface area (Å²) in [6.07, 6.45) is 6.51. The number of amides is 1. The van der Waals surface area contributed by atoms with Crippen molar-refractivity contribution < 1.29 is 9.63 Å². The number of carbonyl (C=O) groups excluding carboxylic acids is 1. The highest BCUT2D eigenvalue weighted by molar-refractivity contribution is 5.77. The Morgan fingerprint density at radius 2 is 2.20 bits per heavy atom. The first-order chi connectivity index (χ1) is 7.24. The van der Waals surface area contributed by atoms with Crippen LogP contribution in [0.25, 0.3) is 0 Å². The van der Waals surface area contributed by atoms with Gasteiger partial charge in [-0.25, -0.2) is 5.48 Å². The molecule has 0 aromatic carbocycles. The molecule has 4 nitrogen and oxygen atoms in total. The SMILES string of the molecule is CC(CCCN)C(=O)NOC1CCCC1. The minimum absolute atomic E-state index is 0.00467. The maximum Gasteiger partial charge on any atom is 0.246 e. The van der Waals surface area contributed by atoms with Gasteiger partial charge in [-0.2, -0.15) is 0 Å². The zero-order valence-corrected chi connectivity index (χ0v) is 9.50. The summed E-state index contributed by atoms with van der Waals surface area (Å²) in [5.74, 6) is -0.0229. The van der Waals surface area contributed by atoms with E-state index in [0.717, 1.165) is 25.7 Å². The number of hydroxylamine groups is 1. The average molecular weight is 214 g/mol. The van der Waals surface area contributed by atoms with Gasteiger partial charge in [-0.05, 0) is 32.2 Å². The first kappa shape index (κ1) is 12.5. The van der Waals surface area contributed by atoms with Gasteiger partial charge in [-0.1, -0.05) is 19.8 Å². The van der Waals surface area contributed by atoms with Crippen LogP contribution in [0.3, 0.4) is 0 Å². The Bertz CT molecular complexity index is 191. The van der Waals surface area contributed by atoms with E-state index in [-0.39, 0.29) is 17.9 Å². The smallest absolute Gasteiger partial charge is 0.246 e. The van der Waals surface area contributed by atoms with Crippen LogP contribution in [0, 0.1) is 5.92 Å². The van der Waals surface area contributed by atoms with Gasteiger partial charge in [0.05, 0.1) is 6.10 Å². The van der Waals surface area contributed by atoms with Crippen LogP contribution in [0.15, 0.2) is 0 Å². The summed E-state index contributed by atoms with van der Waals surface area (Å²) in [5, 5.41) is 0. The third-order valence-corrected chi connectivity index (χ3v) is 2.92. The molecule has 1 rings (SSSR count). The zero-order chi connectivity index (χ0) is 11.1. The molecule has 0 spiro atoms. The number of carbonyl (C=O) groups is 1. The molecule has 1 atom stereocenters. The van der Waals surface area contributed by atoms with E-state index < -0.39 is 0 Å².